The molecule has 0 bridgehead atoms. The summed E-state index contributed by atoms with van der Waals surface area (Å²) in [5, 5.41) is 3.35. The molecular formula is C13H19IN2O2. The SMILES string of the molecule is COC(C)=O.Ic1ccc(N2CCNCC2)cc1. The molecule has 4 nitrogen and oxygen atoms in total. The van der Waals surface area contributed by atoms with E-state index in [0.29, 0.717) is 0 Å². The highest BCUT2D eigenvalue weighted by Gasteiger charge is 2.09. The van der Waals surface area contributed by atoms with Gasteiger partial charge in [0.2, 0.25) is 0 Å². The van der Waals surface area contributed by atoms with E-state index >= 15 is 0 Å². The largest absolute Gasteiger partial charge is 0.469 e. The number of hydrogen-bond acceptors (Lipinski definition) is 4. The Morgan fingerprint density at radius 1 is 1.28 bits per heavy atom. The molecule has 0 atom stereocenters. The maximum atomic E-state index is 9.59. The maximum Gasteiger partial charge on any atom is 0.302 e. The van der Waals surface area contributed by atoms with Crippen LogP contribution in [0.1, 0.15) is 6.92 Å². The fraction of sp³-hybridized carbons (Fsp3) is 0.462. The third-order valence-corrected chi connectivity index (χ3v) is 3.32. The molecule has 0 saturated carbocycles. The number of halogens is 1. The lowest BCUT2D eigenvalue weighted by molar-refractivity contribution is -0.137. The van der Waals surface area contributed by atoms with E-state index in [1.54, 1.807) is 0 Å². The second-order valence-corrected chi connectivity index (χ2v) is 5.15. The molecule has 1 saturated heterocycles. The van der Waals surface area contributed by atoms with Crippen LogP contribution in [0, 0.1) is 3.57 Å². The average Bonchev–Trinajstić information content (AvgIpc) is 2.41. The van der Waals surface area contributed by atoms with Crippen molar-refractivity contribution in [3.63, 3.8) is 0 Å². The summed E-state index contributed by atoms with van der Waals surface area (Å²) in [5.41, 5.74) is 1.35. The molecule has 0 aromatic heterocycles. The molecule has 1 aliphatic heterocycles. The van der Waals surface area contributed by atoms with Crippen LogP contribution in [0.5, 0.6) is 0 Å². The number of carbonyl (C=O) groups excluding carboxylic acids is 1. The highest BCUT2D eigenvalue weighted by Crippen LogP contribution is 2.16. The number of carbonyl (C=O) groups is 1. The van der Waals surface area contributed by atoms with Crippen molar-refractivity contribution >= 4 is 34.2 Å². The molecule has 0 spiro atoms. The van der Waals surface area contributed by atoms with Crippen molar-refractivity contribution in [3.05, 3.63) is 27.8 Å². The first-order chi connectivity index (χ1) is 8.63. The van der Waals surface area contributed by atoms with Gasteiger partial charge in [-0.25, -0.2) is 0 Å². The van der Waals surface area contributed by atoms with Crippen LogP contribution < -0.4 is 10.2 Å². The fourth-order valence-electron chi connectivity index (χ4n) is 1.57. The average molecular weight is 362 g/mol. The van der Waals surface area contributed by atoms with E-state index in [1.807, 2.05) is 0 Å². The van der Waals surface area contributed by atoms with E-state index in [-0.39, 0.29) is 5.97 Å². The van der Waals surface area contributed by atoms with Crippen LogP contribution in [0.25, 0.3) is 0 Å². The summed E-state index contributed by atoms with van der Waals surface area (Å²) < 4.78 is 5.41. The van der Waals surface area contributed by atoms with E-state index in [9.17, 15) is 4.79 Å². The second-order valence-electron chi connectivity index (χ2n) is 3.91. The van der Waals surface area contributed by atoms with Crippen molar-refractivity contribution in [2.75, 3.05) is 38.2 Å². The van der Waals surface area contributed by atoms with E-state index in [1.165, 1.54) is 23.3 Å². The Kier molecular flexibility index (Phi) is 7.04. The highest BCUT2D eigenvalue weighted by atomic mass is 127. The molecule has 1 aromatic carbocycles. The molecule has 1 aromatic rings. The second kappa shape index (κ2) is 8.31. The minimum atomic E-state index is -0.245. The van der Waals surface area contributed by atoms with Crippen LogP contribution >= 0.6 is 22.6 Å². The summed E-state index contributed by atoms with van der Waals surface area (Å²) in [7, 11) is 1.35. The maximum absolute atomic E-state index is 9.59. The molecule has 1 aliphatic rings. The van der Waals surface area contributed by atoms with Crippen molar-refractivity contribution in [2.24, 2.45) is 0 Å². The predicted octanol–water partition coefficient (Wildman–Crippen LogP) is 1.88. The molecule has 100 valence electrons. The van der Waals surface area contributed by atoms with Gasteiger partial charge in [0.1, 0.15) is 0 Å². The summed E-state index contributed by atoms with van der Waals surface area (Å²) in [6.45, 7) is 5.82. The van der Waals surface area contributed by atoms with Gasteiger partial charge in [0.05, 0.1) is 7.11 Å². The van der Waals surface area contributed by atoms with Gasteiger partial charge in [-0.15, -0.1) is 0 Å². The lowest BCUT2D eigenvalue weighted by atomic mass is 10.2. The minimum absolute atomic E-state index is 0.245. The third-order valence-electron chi connectivity index (χ3n) is 2.60. The molecule has 18 heavy (non-hydrogen) atoms. The molecule has 1 fully saturated rings. The zero-order valence-corrected chi connectivity index (χ0v) is 12.9. The fourth-order valence-corrected chi connectivity index (χ4v) is 1.93. The molecule has 2 rings (SSSR count). The molecule has 0 unspecified atom stereocenters. The normalized spacial score (nSPS) is 14.5. The topological polar surface area (TPSA) is 41.6 Å². The van der Waals surface area contributed by atoms with Crippen molar-refractivity contribution < 1.29 is 9.53 Å². The quantitative estimate of drug-likeness (QED) is 0.612. The van der Waals surface area contributed by atoms with E-state index in [0.717, 1.165) is 26.2 Å². The van der Waals surface area contributed by atoms with Crippen LogP contribution in [0.15, 0.2) is 24.3 Å². The van der Waals surface area contributed by atoms with Gasteiger partial charge in [-0.2, -0.15) is 0 Å². The van der Waals surface area contributed by atoms with Gasteiger partial charge in [-0.1, -0.05) is 0 Å². The first kappa shape index (κ1) is 15.2. The third kappa shape index (κ3) is 5.68. The number of nitrogens with zero attached hydrogens (tertiary/aromatic N) is 1. The summed E-state index contributed by atoms with van der Waals surface area (Å²) in [6, 6.07) is 8.73. The summed E-state index contributed by atoms with van der Waals surface area (Å²) >= 11 is 2.34. The van der Waals surface area contributed by atoms with E-state index in [2.05, 4.69) is 61.8 Å². The van der Waals surface area contributed by atoms with Crippen LogP contribution in [-0.2, 0) is 9.53 Å². The van der Waals surface area contributed by atoms with E-state index in [4.69, 9.17) is 0 Å². The number of benzene rings is 1. The van der Waals surface area contributed by atoms with Gasteiger partial charge >= 0.3 is 5.97 Å². The molecule has 0 amide bonds. The van der Waals surface area contributed by atoms with Crippen molar-refractivity contribution in [2.45, 2.75) is 6.92 Å². The lowest BCUT2D eigenvalue weighted by Crippen LogP contribution is -2.43. The number of methoxy groups -OCH3 is 1. The highest BCUT2D eigenvalue weighted by molar-refractivity contribution is 14.1. The summed E-state index contributed by atoms with van der Waals surface area (Å²) in [4.78, 5) is 12.0. The number of rotatable bonds is 1. The van der Waals surface area contributed by atoms with Crippen LogP contribution in [0.2, 0.25) is 0 Å². The molecule has 0 radical (unpaired) electrons. The molecule has 1 heterocycles. The molecule has 0 aliphatic carbocycles. The Bertz CT molecular complexity index is 362. The monoisotopic (exact) mass is 362 g/mol. The zero-order chi connectivity index (χ0) is 13.4. The smallest absolute Gasteiger partial charge is 0.302 e. The van der Waals surface area contributed by atoms with Crippen LogP contribution in [0.3, 0.4) is 0 Å². The van der Waals surface area contributed by atoms with Crippen LogP contribution in [0.4, 0.5) is 5.69 Å². The number of hydrogen-bond donors (Lipinski definition) is 1. The van der Waals surface area contributed by atoms with Gasteiger partial charge in [0.15, 0.2) is 0 Å². The minimum Gasteiger partial charge on any atom is -0.469 e. The van der Waals surface area contributed by atoms with Gasteiger partial charge in [-0.3, -0.25) is 4.79 Å². The van der Waals surface area contributed by atoms with Crippen molar-refractivity contribution in [1.82, 2.24) is 5.32 Å². The van der Waals surface area contributed by atoms with Gasteiger partial charge < -0.3 is 15.0 Å². The Hall–Kier alpha value is -0.820. The van der Waals surface area contributed by atoms with Crippen LogP contribution in [-0.4, -0.2) is 39.3 Å². The number of ether oxygens (including phenoxy) is 1. The molecule has 5 heteroatoms. The Morgan fingerprint density at radius 3 is 2.22 bits per heavy atom. The number of nitrogens with one attached hydrogen (secondary N) is 1. The number of anilines is 1. The molecular weight excluding hydrogens is 343 g/mol. The summed E-state index contributed by atoms with van der Waals surface area (Å²) in [6.07, 6.45) is 0. The van der Waals surface area contributed by atoms with Crippen molar-refractivity contribution in [3.8, 4) is 0 Å². The van der Waals surface area contributed by atoms with Gasteiger partial charge in [0, 0.05) is 42.4 Å². The van der Waals surface area contributed by atoms with Gasteiger partial charge in [0.25, 0.3) is 0 Å². The van der Waals surface area contributed by atoms with Gasteiger partial charge in [-0.05, 0) is 46.9 Å². The first-order valence-corrected chi connectivity index (χ1v) is 6.97. The predicted molar refractivity (Wildman–Crippen MR) is 81.9 cm³/mol. The number of esters is 1. The Morgan fingerprint density at radius 2 is 1.78 bits per heavy atom. The van der Waals surface area contributed by atoms with Crippen molar-refractivity contribution in [1.29, 1.82) is 0 Å². The summed E-state index contributed by atoms with van der Waals surface area (Å²) in [5.74, 6) is -0.245. The Labute approximate surface area is 122 Å². The lowest BCUT2D eigenvalue weighted by Gasteiger charge is -2.29. The first-order valence-electron chi connectivity index (χ1n) is 5.89. The number of piperazine rings is 1. The van der Waals surface area contributed by atoms with E-state index < -0.39 is 0 Å². The standard InChI is InChI=1S/C10H13IN2.C3H6O2/c11-9-1-3-10(4-2-9)13-7-5-12-6-8-13;1-3(4)5-2/h1-4,12H,5-8H2;1-2H3. The zero-order valence-electron chi connectivity index (χ0n) is 10.8. The molecule has 1 N–H and O–H groups in total. The Balaban J connectivity index is 0.000000280.